The van der Waals surface area contributed by atoms with Crippen LogP contribution in [0.4, 0.5) is 0 Å². The van der Waals surface area contributed by atoms with Crippen LogP contribution in [0.15, 0.2) is 85.2 Å². The van der Waals surface area contributed by atoms with Crippen molar-refractivity contribution in [1.29, 1.82) is 0 Å². The zero-order chi connectivity index (χ0) is 13.8. The molecule has 1 nitrogen and oxygen atoms in total. The van der Waals surface area contributed by atoms with Crippen LogP contribution in [-0.4, -0.2) is 4.57 Å². The monoisotopic (exact) mass is 509 g/mol. The van der Waals surface area contributed by atoms with Crippen molar-refractivity contribution in [1.82, 2.24) is 4.57 Å². The Labute approximate surface area is 168 Å². The molecule has 4 heteroatoms. The summed E-state index contributed by atoms with van der Waals surface area (Å²) in [6.45, 7) is 2.08. The van der Waals surface area contributed by atoms with E-state index in [-0.39, 0.29) is 50.7 Å². The fourth-order valence-corrected chi connectivity index (χ4v) is 2.26. The van der Waals surface area contributed by atoms with Gasteiger partial charge < -0.3 is 29.4 Å². The van der Waals surface area contributed by atoms with E-state index in [0.29, 0.717) is 0 Å². The van der Waals surface area contributed by atoms with E-state index >= 15 is 0 Å². The number of hydrogen-bond donors (Lipinski definition) is 0. The molecular formula is C19H17Cl2HfN. The molecule has 0 spiro atoms. The summed E-state index contributed by atoms with van der Waals surface area (Å²) in [6, 6.07) is 25.2. The molecule has 0 amide bonds. The first-order chi connectivity index (χ1) is 9.83. The molecule has 0 fully saturated rings. The first-order valence-corrected chi connectivity index (χ1v) is 6.80. The van der Waals surface area contributed by atoms with Gasteiger partial charge in [-0.2, -0.15) is 17.7 Å². The van der Waals surface area contributed by atoms with Gasteiger partial charge in [0.2, 0.25) is 0 Å². The largest absolute Gasteiger partial charge is 4.00 e. The second kappa shape index (κ2) is 10.6. The minimum absolute atomic E-state index is 0. The first-order valence-electron chi connectivity index (χ1n) is 6.80. The second-order valence-electron chi connectivity index (χ2n) is 4.90. The normalized spacial score (nSPS) is 8.91. The number of aromatic nitrogens is 1. The predicted octanol–water partition coefficient (Wildman–Crippen LogP) is -0.931. The predicted molar refractivity (Wildman–Crippen MR) is 85.6 cm³/mol. The van der Waals surface area contributed by atoms with Gasteiger partial charge in [0.05, 0.1) is 0 Å². The van der Waals surface area contributed by atoms with Gasteiger partial charge in [-0.3, -0.25) is 0 Å². The van der Waals surface area contributed by atoms with Crippen LogP contribution in [0, 0.1) is 6.92 Å². The average molecular weight is 509 g/mol. The van der Waals surface area contributed by atoms with Crippen LogP contribution in [0.3, 0.4) is 0 Å². The van der Waals surface area contributed by atoms with Crippen LogP contribution in [0.5, 0.6) is 0 Å². The molecule has 0 N–H and O–H groups in total. The number of hydrogen-bond acceptors (Lipinski definition) is 0. The van der Waals surface area contributed by atoms with Gasteiger partial charge in [-0.05, 0) is 17.8 Å². The zero-order valence-corrected chi connectivity index (χ0v) is 17.9. The summed E-state index contributed by atoms with van der Waals surface area (Å²) < 4.78 is 2.12. The van der Waals surface area contributed by atoms with Gasteiger partial charge in [0.15, 0.2) is 0 Å². The van der Waals surface area contributed by atoms with E-state index in [1.807, 2.05) is 24.3 Å². The van der Waals surface area contributed by atoms with Crippen molar-refractivity contribution in [3.05, 3.63) is 90.8 Å². The molecule has 0 aliphatic rings. The third-order valence-corrected chi connectivity index (χ3v) is 3.33. The molecule has 4 rings (SSSR count). The van der Waals surface area contributed by atoms with E-state index in [0.717, 1.165) is 0 Å². The number of fused-ring (bicyclic) bond motifs is 1. The summed E-state index contributed by atoms with van der Waals surface area (Å²) in [5.74, 6) is 0. The van der Waals surface area contributed by atoms with Crippen molar-refractivity contribution >= 4 is 10.8 Å². The fraction of sp³-hybridized carbons (Fsp3) is 0.0526. The van der Waals surface area contributed by atoms with E-state index in [9.17, 15) is 0 Å². The molecule has 0 bridgehead atoms. The first kappa shape index (κ1) is 21.9. The van der Waals surface area contributed by atoms with Crippen LogP contribution in [0.25, 0.3) is 16.5 Å². The third kappa shape index (κ3) is 5.80. The van der Waals surface area contributed by atoms with E-state index in [1.54, 1.807) is 0 Å². The Balaban J connectivity index is 0.000000469. The Bertz CT molecular complexity index is 738. The maximum absolute atomic E-state index is 2.20. The van der Waals surface area contributed by atoms with Crippen molar-refractivity contribution in [2.45, 2.75) is 6.92 Å². The summed E-state index contributed by atoms with van der Waals surface area (Å²) in [4.78, 5) is 0. The van der Waals surface area contributed by atoms with Gasteiger partial charge in [0.25, 0.3) is 0 Å². The van der Waals surface area contributed by atoms with Crippen LogP contribution < -0.4 is 24.8 Å². The number of rotatable bonds is 1. The Morgan fingerprint density at radius 2 is 1.48 bits per heavy atom. The smallest absolute Gasteiger partial charge is 1.00 e. The molecule has 0 saturated heterocycles. The Kier molecular flexibility index (Phi) is 10.1. The van der Waals surface area contributed by atoms with E-state index in [1.165, 1.54) is 22.0 Å². The number of aryl methyl sites for hydroxylation is 1. The van der Waals surface area contributed by atoms with Crippen molar-refractivity contribution in [2.24, 2.45) is 0 Å². The second-order valence-corrected chi connectivity index (χ2v) is 4.90. The Hall–Kier alpha value is -1.09. The van der Waals surface area contributed by atoms with E-state index < -0.39 is 0 Å². The molecule has 0 aliphatic carbocycles. The SMILES string of the molecule is C[c-]1cccc1.[Cl-].[Cl-].[Hf+4].c1ccc2[cH-]c(-n3cccc3)cc2c1. The molecule has 1 heterocycles. The minimum Gasteiger partial charge on any atom is -1.00 e. The van der Waals surface area contributed by atoms with Crippen LogP contribution in [-0.2, 0) is 25.8 Å². The van der Waals surface area contributed by atoms with Crippen molar-refractivity contribution in [3.8, 4) is 5.69 Å². The van der Waals surface area contributed by atoms with Gasteiger partial charge in [0.1, 0.15) is 0 Å². The van der Waals surface area contributed by atoms with Crippen LogP contribution in [0.2, 0.25) is 0 Å². The molecule has 23 heavy (non-hydrogen) atoms. The molecule has 0 atom stereocenters. The van der Waals surface area contributed by atoms with E-state index in [4.69, 9.17) is 0 Å². The van der Waals surface area contributed by atoms with Crippen molar-refractivity contribution in [3.63, 3.8) is 0 Å². The fourth-order valence-electron chi connectivity index (χ4n) is 2.26. The number of benzene rings is 1. The Morgan fingerprint density at radius 3 is 2.00 bits per heavy atom. The minimum atomic E-state index is 0. The summed E-state index contributed by atoms with van der Waals surface area (Å²) in [6.07, 6.45) is 4.13. The van der Waals surface area contributed by atoms with Gasteiger partial charge in [-0.25, -0.2) is 12.1 Å². The molecule has 1 aromatic heterocycles. The summed E-state index contributed by atoms with van der Waals surface area (Å²) >= 11 is 0. The average Bonchev–Trinajstić information content (AvgIpc) is 3.20. The molecule has 3 aromatic carbocycles. The molecule has 116 valence electrons. The molecule has 0 radical (unpaired) electrons. The maximum Gasteiger partial charge on any atom is 4.00 e. The standard InChI is InChI=1S/C13H10N.C6H7.2ClH.Hf/c1-2-6-12-10-13(9-11(12)5-1)14-7-3-4-8-14;1-6-4-2-3-5-6;;;/h1-10H;2-5H,1H3;2*1H;/q2*-1;;;+4/p-2. The van der Waals surface area contributed by atoms with Gasteiger partial charge in [0, 0.05) is 12.4 Å². The van der Waals surface area contributed by atoms with Gasteiger partial charge >= 0.3 is 25.8 Å². The molecular weight excluding hydrogens is 492 g/mol. The topological polar surface area (TPSA) is 4.93 Å². The van der Waals surface area contributed by atoms with E-state index in [2.05, 4.69) is 72.4 Å². The molecule has 4 aromatic rings. The third-order valence-electron chi connectivity index (χ3n) is 3.33. The molecule has 0 saturated carbocycles. The summed E-state index contributed by atoms with van der Waals surface area (Å²) in [5.41, 5.74) is 2.58. The van der Waals surface area contributed by atoms with Crippen LogP contribution >= 0.6 is 0 Å². The Morgan fingerprint density at radius 1 is 0.870 bits per heavy atom. The quantitative estimate of drug-likeness (QED) is 0.231. The summed E-state index contributed by atoms with van der Waals surface area (Å²) in [5, 5.41) is 2.60. The maximum atomic E-state index is 2.20. The van der Waals surface area contributed by atoms with Gasteiger partial charge in [-0.15, -0.1) is 41.1 Å². The van der Waals surface area contributed by atoms with Gasteiger partial charge in [-0.1, -0.05) is 13.0 Å². The molecule has 0 aliphatic heterocycles. The zero-order valence-electron chi connectivity index (χ0n) is 12.8. The number of halogens is 2. The van der Waals surface area contributed by atoms with Crippen molar-refractivity contribution in [2.75, 3.05) is 0 Å². The summed E-state index contributed by atoms with van der Waals surface area (Å²) in [7, 11) is 0. The van der Waals surface area contributed by atoms with Crippen molar-refractivity contribution < 1.29 is 50.7 Å². The molecule has 0 unspecified atom stereocenters. The number of nitrogens with zero attached hydrogens (tertiary/aromatic N) is 1. The van der Waals surface area contributed by atoms with Crippen LogP contribution in [0.1, 0.15) is 5.56 Å².